The molecule has 0 fully saturated rings. The fraction of sp³-hybridized carbons (Fsp3) is 0.905. The fourth-order valence-electron chi connectivity index (χ4n) is 2.68. The quantitative estimate of drug-likeness (QED) is 0.150. The molecule has 0 unspecified atom stereocenters. The zero-order chi connectivity index (χ0) is 19.3. The van der Waals surface area contributed by atoms with Gasteiger partial charge in [0.25, 0.3) is 0 Å². The summed E-state index contributed by atoms with van der Waals surface area (Å²) < 4.78 is 10.4. The highest BCUT2D eigenvalue weighted by Gasteiger charge is 2.07. The Hall–Kier alpha value is -0.770. The van der Waals surface area contributed by atoms with Crippen LogP contribution in [0.2, 0.25) is 0 Å². The van der Waals surface area contributed by atoms with Gasteiger partial charge in [-0.05, 0) is 25.7 Å². The first kappa shape index (κ1) is 25.2. The van der Waals surface area contributed by atoms with Gasteiger partial charge in [0, 0.05) is 18.7 Å². The Morgan fingerprint density at radius 1 is 0.615 bits per heavy atom. The van der Waals surface area contributed by atoms with Crippen molar-refractivity contribution in [3.8, 4) is 0 Å². The summed E-state index contributed by atoms with van der Waals surface area (Å²) in [5.41, 5.74) is 0. The molecule has 0 saturated carbocycles. The summed E-state index contributed by atoms with van der Waals surface area (Å²) in [5.74, 6) is 0.323. The lowest BCUT2D eigenvalue weighted by atomic mass is 10.1. The van der Waals surface area contributed by atoms with E-state index in [1.165, 1.54) is 44.9 Å². The molecule has 4 nitrogen and oxygen atoms in total. The lowest BCUT2D eigenvalue weighted by Crippen LogP contribution is -2.09. The van der Waals surface area contributed by atoms with E-state index in [0.717, 1.165) is 38.0 Å². The standard InChI is InChI=1S/C21H39ClO4/c1-2-3-4-5-9-12-18-25-20(23)15-14-16-21(24)26-19-13-10-7-6-8-11-17-22/h2-19H2,1H3. The van der Waals surface area contributed by atoms with Crippen molar-refractivity contribution in [3.05, 3.63) is 0 Å². The highest BCUT2D eigenvalue weighted by molar-refractivity contribution is 6.17. The van der Waals surface area contributed by atoms with Crippen LogP contribution in [-0.2, 0) is 19.1 Å². The zero-order valence-corrected chi connectivity index (χ0v) is 17.5. The third kappa shape index (κ3) is 19.6. The highest BCUT2D eigenvalue weighted by Crippen LogP contribution is 2.08. The Labute approximate surface area is 165 Å². The molecule has 0 radical (unpaired) electrons. The molecule has 26 heavy (non-hydrogen) atoms. The molecule has 0 bridgehead atoms. The summed E-state index contributed by atoms with van der Waals surface area (Å²) in [6.45, 7) is 3.18. The second kappa shape index (κ2) is 20.5. The molecule has 0 saturated heterocycles. The normalized spacial score (nSPS) is 10.7. The molecular formula is C21H39ClO4. The van der Waals surface area contributed by atoms with Crippen molar-refractivity contribution in [1.82, 2.24) is 0 Å². The Morgan fingerprint density at radius 3 is 1.50 bits per heavy atom. The second-order valence-electron chi connectivity index (χ2n) is 6.87. The van der Waals surface area contributed by atoms with E-state index in [-0.39, 0.29) is 11.9 Å². The van der Waals surface area contributed by atoms with Crippen molar-refractivity contribution in [2.45, 2.75) is 103 Å². The number of ether oxygens (including phenoxy) is 2. The first-order valence-electron chi connectivity index (χ1n) is 10.6. The summed E-state index contributed by atoms with van der Waals surface area (Å²) in [6.07, 6.45) is 14.8. The molecular weight excluding hydrogens is 352 g/mol. The average Bonchev–Trinajstić information content (AvgIpc) is 2.63. The van der Waals surface area contributed by atoms with Crippen molar-refractivity contribution in [1.29, 1.82) is 0 Å². The molecule has 0 aromatic heterocycles. The van der Waals surface area contributed by atoms with Crippen LogP contribution in [-0.4, -0.2) is 31.0 Å². The number of esters is 2. The van der Waals surface area contributed by atoms with Gasteiger partial charge in [0.2, 0.25) is 0 Å². The minimum absolute atomic E-state index is 0.205. The largest absolute Gasteiger partial charge is 0.466 e. The molecule has 0 aromatic rings. The number of hydrogen-bond donors (Lipinski definition) is 0. The molecule has 0 aliphatic rings. The first-order valence-corrected chi connectivity index (χ1v) is 11.1. The molecule has 0 N–H and O–H groups in total. The van der Waals surface area contributed by atoms with Crippen molar-refractivity contribution in [3.63, 3.8) is 0 Å². The summed E-state index contributed by atoms with van der Waals surface area (Å²) in [5, 5.41) is 0. The lowest BCUT2D eigenvalue weighted by molar-refractivity contribution is -0.145. The number of rotatable bonds is 19. The van der Waals surface area contributed by atoms with Crippen molar-refractivity contribution < 1.29 is 19.1 Å². The van der Waals surface area contributed by atoms with Gasteiger partial charge in [0.05, 0.1) is 13.2 Å². The number of hydrogen-bond acceptors (Lipinski definition) is 4. The van der Waals surface area contributed by atoms with Gasteiger partial charge in [-0.25, -0.2) is 0 Å². The maximum atomic E-state index is 11.6. The molecule has 0 atom stereocenters. The predicted octanol–water partition coefficient (Wildman–Crippen LogP) is 6.18. The highest BCUT2D eigenvalue weighted by atomic mass is 35.5. The average molecular weight is 391 g/mol. The van der Waals surface area contributed by atoms with E-state index in [2.05, 4.69) is 6.92 Å². The molecule has 0 spiro atoms. The Bertz CT molecular complexity index is 334. The number of unbranched alkanes of at least 4 members (excludes halogenated alkanes) is 10. The lowest BCUT2D eigenvalue weighted by Gasteiger charge is -2.06. The summed E-state index contributed by atoms with van der Waals surface area (Å²) in [6, 6.07) is 0. The maximum absolute atomic E-state index is 11.6. The van der Waals surface area contributed by atoms with Crippen LogP contribution in [0.1, 0.15) is 103 Å². The summed E-state index contributed by atoms with van der Waals surface area (Å²) >= 11 is 5.63. The van der Waals surface area contributed by atoms with Crippen molar-refractivity contribution in [2.75, 3.05) is 19.1 Å². The number of carbonyl (C=O) groups is 2. The van der Waals surface area contributed by atoms with Crippen LogP contribution < -0.4 is 0 Å². The van der Waals surface area contributed by atoms with Crippen LogP contribution in [0.25, 0.3) is 0 Å². The Balaban J connectivity index is 3.32. The second-order valence-corrected chi connectivity index (χ2v) is 7.25. The van der Waals surface area contributed by atoms with E-state index in [0.29, 0.717) is 32.5 Å². The predicted molar refractivity (Wildman–Crippen MR) is 108 cm³/mol. The van der Waals surface area contributed by atoms with Crippen LogP contribution in [0.5, 0.6) is 0 Å². The molecule has 154 valence electrons. The summed E-state index contributed by atoms with van der Waals surface area (Å²) in [7, 11) is 0. The van der Waals surface area contributed by atoms with Gasteiger partial charge in [-0.3, -0.25) is 9.59 Å². The van der Waals surface area contributed by atoms with E-state index in [1.807, 2.05) is 0 Å². The minimum atomic E-state index is -0.212. The molecule has 0 aliphatic heterocycles. The van der Waals surface area contributed by atoms with Gasteiger partial charge in [0.15, 0.2) is 0 Å². The van der Waals surface area contributed by atoms with Crippen molar-refractivity contribution in [2.24, 2.45) is 0 Å². The maximum Gasteiger partial charge on any atom is 0.305 e. The van der Waals surface area contributed by atoms with Crippen LogP contribution in [0.15, 0.2) is 0 Å². The topological polar surface area (TPSA) is 52.6 Å². The van der Waals surface area contributed by atoms with Crippen LogP contribution >= 0.6 is 11.6 Å². The van der Waals surface area contributed by atoms with Gasteiger partial charge in [-0.2, -0.15) is 0 Å². The molecule has 0 rings (SSSR count). The van der Waals surface area contributed by atoms with Gasteiger partial charge in [-0.1, -0.05) is 64.7 Å². The van der Waals surface area contributed by atoms with Gasteiger partial charge in [0.1, 0.15) is 0 Å². The Morgan fingerprint density at radius 2 is 1.04 bits per heavy atom. The van der Waals surface area contributed by atoms with E-state index in [1.54, 1.807) is 0 Å². The van der Waals surface area contributed by atoms with Gasteiger partial charge >= 0.3 is 11.9 Å². The smallest absolute Gasteiger partial charge is 0.305 e. The molecule has 0 aromatic carbocycles. The minimum Gasteiger partial charge on any atom is -0.466 e. The molecule has 0 heterocycles. The molecule has 0 amide bonds. The van der Waals surface area contributed by atoms with Gasteiger partial charge < -0.3 is 9.47 Å². The van der Waals surface area contributed by atoms with Crippen LogP contribution in [0.3, 0.4) is 0 Å². The third-order valence-corrected chi connectivity index (χ3v) is 4.58. The fourth-order valence-corrected chi connectivity index (χ4v) is 2.87. The number of halogens is 1. The Kier molecular flexibility index (Phi) is 19.9. The van der Waals surface area contributed by atoms with Crippen LogP contribution in [0.4, 0.5) is 0 Å². The van der Waals surface area contributed by atoms with Crippen LogP contribution in [0, 0.1) is 0 Å². The first-order chi connectivity index (χ1) is 12.7. The monoisotopic (exact) mass is 390 g/mol. The number of alkyl halides is 1. The van der Waals surface area contributed by atoms with E-state index in [4.69, 9.17) is 21.1 Å². The zero-order valence-electron chi connectivity index (χ0n) is 16.7. The van der Waals surface area contributed by atoms with Crippen molar-refractivity contribution >= 4 is 23.5 Å². The summed E-state index contributed by atoms with van der Waals surface area (Å²) in [4.78, 5) is 23.2. The SMILES string of the molecule is CCCCCCCCOC(=O)CCCC(=O)OCCCCCCCCCl. The van der Waals surface area contributed by atoms with Gasteiger partial charge in [-0.15, -0.1) is 11.6 Å². The molecule has 0 aliphatic carbocycles. The third-order valence-electron chi connectivity index (χ3n) is 4.31. The molecule has 5 heteroatoms. The van der Waals surface area contributed by atoms with E-state index < -0.39 is 0 Å². The number of carbonyl (C=O) groups excluding carboxylic acids is 2. The van der Waals surface area contributed by atoms with E-state index in [9.17, 15) is 9.59 Å². The van der Waals surface area contributed by atoms with E-state index >= 15 is 0 Å².